The highest BCUT2D eigenvalue weighted by Crippen LogP contribution is 2.19. The van der Waals surface area contributed by atoms with Crippen LogP contribution in [0.1, 0.15) is 34.2 Å². The van der Waals surface area contributed by atoms with Gasteiger partial charge >= 0.3 is 0 Å². The highest BCUT2D eigenvalue weighted by atomic mass is 16.5. The highest BCUT2D eigenvalue weighted by molar-refractivity contribution is 5.92. The topological polar surface area (TPSA) is 61.2 Å². The number of hydrogen-bond acceptors (Lipinski definition) is 4. The van der Waals surface area contributed by atoms with E-state index in [0.29, 0.717) is 23.7 Å². The number of ketones is 1. The second-order valence-electron chi connectivity index (χ2n) is 6.19. The lowest BCUT2D eigenvalue weighted by Crippen LogP contribution is -2.21. The zero-order valence-electron chi connectivity index (χ0n) is 15.0. The molecule has 2 aromatic heterocycles. The third-order valence-electron chi connectivity index (χ3n) is 4.11. The zero-order valence-corrected chi connectivity index (χ0v) is 15.0. The standard InChI is InChI=1S/C21H20N2O3/c1-14-12-22-19(16(3)24)11-20(14)23-15(2)9-18(10-21(23)25)26-13-17-7-5-4-6-8-17/h4-12H,13H2,1-3H3. The van der Waals surface area contributed by atoms with Gasteiger partial charge in [0.05, 0.1) is 5.69 Å². The molecule has 2 heterocycles. The summed E-state index contributed by atoms with van der Waals surface area (Å²) < 4.78 is 7.33. The third kappa shape index (κ3) is 3.72. The Bertz CT molecular complexity index is 1010. The number of hydrogen-bond donors (Lipinski definition) is 0. The number of benzene rings is 1. The lowest BCUT2D eigenvalue weighted by atomic mass is 10.1. The van der Waals surface area contributed by atoms with E-state index in [-0.39, 0.29) is 11.3 Å². The van der Waals surface area contributed by atoms with Crippen molar-refractivity contribution in [3.05, 3.63) is 87.6 Å². The molecule has 0 saturated carbocycles. The van der Waals surface area contributed by atoms with Gasteiger partial charge in [-0.15, -0.1) is 0 Å². The van der Waals surface area contributed by atoms with Crippen molar-refractivity contribution in [3.63, 3.8) is 0 Å². The Morgan fingerprint density at radius 2 is 1.85 bits per heavy atom. The Labute approximate surface area is 151 Å². The Morgan fingerprint density at radius 1 is 1.12 bits per heavy atom. The lowest BCUT2D eigenvalue weighted by molar-refractivity contribution is 0.101. The quantitative estimate of drug-likeness (QED) is 0.661. The maximum Gasteiger partial charge on any atom is 0.259 e. The van der Waals surface area contributed by atoms with Crippen LogP contribution in [0.2, 0.25) is 0 Å². The summed E-state index contributed by atoms with van der Waals surface area (Å²) in [5.74, 6) is 0.380. The molecule has 0 aliphatic carbocycles. The van der Waals surface area contributed by atoms with Crippen molar-refractivity contribution in [1.29, 1.82) is 0 Å². The van der Waals surface area contributed by atoms with Crippen LogP contribution < -0.4 is 10.3 Å². The number of nitrogens with zero attached hydrogens (tertiary/aromatic N) is 2. The first-order valence-corrected chi connectivity index (χ1v) is 8.34. The molecule has 0 radical (unpaired) electrons. The highest BCUT2D eigenvalue weighted by Gasteiger charge is 2.12. The van der Waals surface area contributed by atoms with E-state index >= 15 is 0 Å². The van der Waals surface area contributed by atoms with Crippen LogP contribution >= 0.6 is 0 Å². The number of carbonyl (C=O) groups excluding carboxylic acids is 1. The Kier molecular flexibility index (Phi) is 4.98. The summed E-state index contributed by atoms with van der Waals surface area (Å²) in [5.41, 5.74) is 3.36. The van der Waals surface area contributed by atoms with Gasteiger partial charge in [0, 0.05) is 30.9 Å². The van der Waals surface area contributed by atoms with Crippen LogP contribution in [0.25, 0.3) is 5.69 Å². The molecule has 3 rings (SSSR count). The molecule has 0 spiro atoms. The van der Waals surface area contributed by atoms with Gasteiger partial charge in [0.15, 0.2) is 5.78 Å². The number of Topliss-reactive ketones (excluding diaryl/α,β-unsaturated/α-hetero) is 1. The number of carbonyl (C=O) groups is 1. The largest absolute Gasteiger partial charge is 0.489 e. The molecule has 0 aliphatic heterocycles. The Hall–Kier alpha value is -3.21. The lowest BCUT2D eigenvalue weighted by Gasteiger charge is -2.15. The molecule has 0 N–H and O–H groups in total. The summed E-state index contributed by atoms with van der Waals surface area (Å²) in [4.78, 5) is 28.4. The van der Waals surface area contributed by atoms with E-state index in [9.17, 15) is 9.59 Å². The predicted octanol–water partition coefficient (Wildman–Crippen LogP) is 3.63. The van der Waals surface area contributed by atoms with Crippen LogP contribution in [0, 0.1) is 13.8 Å². The van der Waals surface area contributed by atoms with E-state index in [1.807, 2.05) is 50.2 Å². The molecule has 0 bridgehead atoms. The fourth-order valence-corrected chi connectivity index (χ4v) is 2.75. The van der Waals surface area contributed by atoms with E-state index in [1.165, 1.54) is 13.0 Å². The molecule has 0 fully saturated rings. The predicted molar refractivity (Wildman–Crippen MR) is 100 cm³/mol. The van der Waals surface area contributed by atoms with E-state index in [1.54, 1.807) is 16.8 Å². The molecule has 0 amide bonds. The molecule has 0 aliphatic rings. The molecule has 0 atom stereocenters. The van der Waals surface area contributed by atoms with Crippen LogP contribution in [0.15, 0.2) is 59.5 Å². The van der Waals surface area contributed by atoms with Gasteiger partial charge in [-0.25, -0.2) is 0 Å². The molecule has 1 aromatic carbocycles. The van der Waals surface area contributed by atoms with Crippen molar-refractivity contribution >= 4 is 5.78 Å². The number of aryl methyl sites for hydroxylation is 2. The van der Waals surface area contributed by atoms with Gasteiger partial charge in [0.25, 0.3) is 5.56 Å². The van der Waals surface area contributed by atoms with Crippen molar-refractivity contribution in [2.24, 2.45) is 0 Å². The monoisotopic (exact) mass is 348 g/mol. The SMILES string of the molecule is CC(=O)c1cc(-n2c(C)cc(OCc3ccccc3)cc2=O)c(C)cn1. The first-order chi connectivity index (χ1) is 12.5. The van der Waals surface area contributed by atoms with Gasteiger partial charge in [-0.2, -0.15) is 0 Å². The molecule has 5 nitrogen and oxygen atoms in total. The fourth-order valence-electron chi connectivity index (χ4n) is 2.75. The van der Waals surface area contributed by atoms with Crippen molar-refractivity contribution in [1.82, 2.24) is 9.55 Å². The van der Waals surface area contributed by atoms with Crippen molar-refractivity contribution in [2.45, 2.75) is 27.4 Å². The van der Waals surface area contributed by atoms with Crippen LogP contribution in [0.5, 0.6) is 5.75 Å². The molecule has 3 aromatic rings. The molecule has 132 valence electrons. The van der Waals surface area contributed by atoms with Crippen LogP contribution in [-0.4, -0.2) is 15.3 Å². The maximum atomic E-state index is 12.7. The minimum Gasteiger partial charge on any atom is -0.489 e. The van der Waals surface area contributed by atoms with Gasteiger partial charge in [0.2, 0.25) is 0 Å². The number of aromatic nitrogens is 2. The number of pyridine rings is 2. The number of ether oxygens (including phenoxy) is 1. The second-order valence-corrected chi connectivity index (χ2v) is 6.19. The number of rotatable bonds is 5. The van der Waals surface area contributed by atoms with Crippen molar-refractivity contribution < 1.29 is 9.53 Å². The summed E-state index contributed by atoms with van der Waals surface area (Å²) >= 11 is 0. The van der Waals surface area contributed by atoms with Gasteiger partial charge in [-0.3, -0.25) is 19.1 Å². The average Bonchev–Trinajstić information content (AvgIpc) is 2.61. The van der Waals surface area contributed by atoms with E-state index in [0.717, 1.165) is 16.8 Å². The van der Waals surface area contributed by atoms with Gasteiger partial charge in [0.1, 0.15) is 18.1 Å². The van der Waals surface area contributed by atoms with Gasteiger partial charge < -0.3 is 4.74 Å². The summed E-state index contributed by atoms with van der Waals surface area (Å²) in [5, 5.41) is 0. The first-order valence-electron chi connectivity index (χ1n) is 8.34. The molecule has 0 saturated heterocycles. The van der Waals surface area contributed by atoms with Crippen LogP contribution in [-0.2, 0) is 6.61 Å². The minimum atomic E-state index is -0.211. The van der Waals surface area contributed by atoms with E-state index in [4.69, 9.17) is 4.74 Å². The summed E-state index contributed by atoms with van der Waals surface area (Å²) in [6, 6.07) is 14.7. The van der Waals surface area contributed by atoms with E-state index in [2.05, 4.69) is 4.98 Å². The molecule has 26 heavy (non-hydrogen) atoms. The summed E-state index contributed by atoms with van der Waals surface area (Å²) in [6.07, 6.45) is 1.61. The summed E-state index contributed by atoms with van der Waals surface area (Å²) in [6.45, 7) is 5.55. The minimum absolute atomic E-state index is 0.139. The molecule has 5 heteroatoms. The van der Waals surface area contributed by atoms with Crippen LogP contribution in [0.4, 0.5) is 0 Å². The fraction of sp³-hybridized carbons (Fsp3) is 0.190. The third-order valence-corrected chi connectivity index (χ3v) is 4.11. The molecular formula is C21H20N2O3. The maximum absolute atomic E-state index is 12.7. The smallest absolute Gasteiger partial charge is 0.259 e. The van der Waals surface area contributed by atoms with Crippen molar-refractivity contribution in [2.75, 3.05) is 0 Å². The average molecular weight is 348 g/mol. The molecular weight excluding hydrogens is 328 g/mol. The zero-order chi connectivity index (χ0) is 18.7. The Morgan fingerprint density at radius 3 is 2.50 bits per heavy atom. The van der Waals surface area contributed by atoms with Gasteiger partial charge in [-0.05, 0) is 31.0 Å². The normalized spacial score (nSPS) is 10.6. The Balaban J connectivity index is 1.94. The van der Waals surface area contributed by atoms with Gasteiger partial charge in [-0.1, -0.05) is 30.3 Å². The summed E-state index contributed by atoms with van der Waals surface area (Å²) in [7, 11) is 0. The molecule has 0 unspecified atom stereocenters. The first kappa shape index (κ1) is 17.6. The van der Waals surface area contributed by atoms with E-state index < -0.39 is 0 Å². The van der Waals surface area contributed by atoms with Crippen LogP contribution in [0.3, 0.4) is 0 Å². The van der Waals surface area contributed by atoms with Crippen molar-refractivity contribution in [3.8, 4) is 11.4 Å². The second kappa shape index (κ2) is 7.35.